The first-order valence-corrected chi connectivity index (χ1v) is 7.06. The van der Waals surface area contributed by atoms with Crippen molar-refractivity contribution in [3.63, 3.8) is 0 Å². The predicted molar refractivity (Wildman–Crippen MR) is 81.6 cm³/mol. The highest BCUT2D eigenvalue weighted by Gasteiger charge is 2.26. The second-order valence-corrected chi connectivity index (χ2v) is 7.15. The van der Waals surface area contributed by atoms with Gasteiger partial charge in [0.15, 0.2) is 0 Å². The number of carbonyl (C=O) groups is 1. The summed E-state index contributed by atoms with van der Waals surface area (Å²) in [6, 6.07) is 5.00. The lowest BCUT2D eigenvalue weighted by atomic mass is 9.82. The molecule has 1 N–H and O–H groups in total. The molecule has 1 rings (SSSR count). The van der Waals surface area contributed by atoms with Crippen LogP contribution in [0.25, 0.3) is 0 Å². The summed E-state index contributed by atoms with van der Waals surface area (Å²) in [5.41, 5.74) is -0.154. The molecule has 1 aromatic heterocycles. The molecule has 0 atom stereocenters. The van der Waals surface area contributed by atoms with E-state index in [9.17, 15) is 9.59 Å². The third kappa shape index (κ3) is 6.04. The molecule has 1 heterocycles. The lowest BCUT2D eigenvalue weighted by molar-refractivity contribution is -0.123. The number of aryl methyl sites for hydroxylation is 1. The first-order chi connectivity index (χ1) is 9.09. The number of pyridine rings is 1. The monoisotopic (exact) mass is 278 g/mol. The quantitative estimate of drug-likeness (QED) is 0.900. The summed E-state index contributed by atoms with van der Waals surface area (Å²) < 4.78 is 1.55. The molecule has 112 valence electrons. The zero-order valence-electron chi connectivity index (χ0n) is 13.2. The molecular formula is C16H26N2O2. The van der Waals surface area contributed by atoms with Crippen LogP contribution in [0.5, 0.6) is 0 Å². The Balaban J connectivity index is 2.52. The van der Waals surface area contributed by atoms with E-state index in [1.807, 2.05) is 13.8 Å². The smallest absolute Gasteiger partial charge is 0.250 e. The van der Waals surface area contributed by atoms with Crippen LogP contribution in [-0.2, 0) is 11.3 Å². The Morgan fingerprint density at radius 2 is 1.85 bits per heavy atom. The highest BCUT2D eigenvalue weighted by Crippen LogP contribution is 2.26. The number of hydrogen-bond donors (Lipinski definition) is 1. The summed E-state index contributed by atoms with van der Waals surface area (Å²) in [6.45, 7) is 11.0. The zero-order chi connectivity index (χ0) is 15.4. The molecule has 4 nitrogen and oxygen atoms in total. The fraction of sp³-hybridized carbons (Fsp3) is 0.625. The molecule has 0 unspecified atom stereocenters. The SMILES string of the molecule is CC(C)(C)CC(C)(C)NC(=O)CCn1ccccc1=O. The van der Waals surface area contributed by atoms with Crippen molar-refractivity contribution >= 4 is 5.91 Å². The third-order valence-electron chi connectivity index (χ3n) is 2.93. The van der Waals surface area contributed by atoms with Crippen LogP contribution in [0.4, 0.5) is 0 Å². The minimum absolute atomic E-state index is 0.0185. The molecule has 0 spiro atoms. The minimum atomic E-state index is -0.239. The van der Waals surface area contributed by atoms with Crippen molar-refractivity contribution in [3.05, 3.63) is 34.7 Å². The third-order valence-corrected chi connectivity index (χ3v) is 2.93. The van der Waals surface area contributed by atoms with Crippen LogP contribution in [0.2, 0.25) is 0 Å². The van der Waals surface area contributed by atoms with Gasteiger partial charge in [0.05, 0.1) is 0 Å². The molecule has 0 fully saturated rings. The van der Waals surface area contributed by atoms with Gasteiger partial charge in [0.25, 0.3) is 5.56 Å². The van der Waals surface area contributed by atoms with Crippen molar-refractivity contribution in [2.24, 2.45) is 5.41 Å². The van der Waals surface area contributed by atoms with Gasteiger partial charge in [-0.05, 0) is 31.7 Å². The van der Waals surface area contributed by atoms with Crippen LogP contribution in [0.15, 0.2) is 29.2 Å². The van der Waals surface area contributed by atoms with E-state index in [1.54, 1.807) is 22.9 Å². The maximum Gasteiger partial charge on any atom is 0.250 e. The summed E-state index contributed by atoms with van der Waals surface area (Å²) in [5.74, 6) is -0.0185. The van der Waals surface area contributed by atoms with Crippen LogP contribution in [0.1, 0.15) is 47.5 Å². The van der Waals surface area contributed by atoms with E-state index in [1.165, 1.54) is 6.07 Å². The molecule has 0 radical (unpaired) electrons. The summed E-state index contributed by atoms with van der Waals surface area (Å²) in [7, 11) is 0. The van der Waals surface area contributed by atoms with E-state index in [0.717, 1.165) is 6.42 Å². The van der Waals surface area contributed by atoms with Crippen molar-refractivity contribution < 1.29 is 4.79 Å². The van der Waals surface area contributed by atoms with Crippen molar-refractivity contribution in [2.45, 2.75) is 59.5 Å². The van der Waals surface area contributed by atoms with E-state index in [-0.39, 0.29) is 22.4 Å². The van der Waals surface area contributed by atoms with Crippen molar-refractivity contribution in [2.75, 3.05) is 0 Å². The van der Waals surface area contributed by atoms with Crippen LogP contribution in [0.3, 0.4) is 0 Å². The molecule has 0 aliphatic carbocycles. The van der Waals surface area contributed by atoms with E-state index in [0.29, 0.717) is 13.0 Å². The van der Waals surface area contributed by atoms with Gasteiger partial charge in [0.2, 0.25) is 5.91 Å². The summed E-state index contributed by atoms with van der Waals surface area (Å²) in [6.07, 6.45) is 2.92. The van der Waals surface area contributed by atoms with Crippen molar-refractivity contribution in [1.82, 2.24) is 9.88 Å². The van der Waals surface area contributed by atoms with Gasteiger partial charge in [-0.2, -0.15) is 0 Å². The molecule has 0 aliphatic rings. The van der Waals surface area contributed by atoms with Gasteiger partial charge in [-0.25, -0.2) is 0 Å². The van der Waals surface area contributed by atoms with E-state index < -0.39 is 0 Å². The molecule has 0 aromatic carbocycles. The number of nitrogens with one attached hydrogen (secondary N) is 1. The molecule has 1 aromatic rings. The van der Waals surface area contributed by atoms with Crippen molar-refractivity contribution in [3.8, 4) is 0 Å². The number of hydrogen-bond acceptors (Lipinski definition) is 2. The van der Waals surface area contributed by atoms with Crippen molar-refractivity contribution in [1.29, 1.82) is 0 Å². The average molecular weight is 278 g/mol. The molecule has 1 amide bonds. The molecule has 0 saturated heterocycles. The molecule has 4 heteroatoms. The van der Waals surface area contributed by atoms with Crippen LogP contribution < -0.4 is 10.9 Å². The van der Waals surface area contributed by atoms with Gasteiger partial charge in [0.1, 0.15) is 0 Å². The largest absolute Gasteiger partial charge is 0.351 e. The Bertz CT molecular complexity index is 510. The highest BCUT2D eigenvalue weighted by molar-refractivity contribution is 5.76. The zero-order valence-corrected chi connectivity index (χ0v) is 13.2. The summed E-state index contributed by atoms with van der Waals surface area (Å²) in [4.78, 5) is 23.5. The first-order valence-electron chi connectivity index (χ1n) is 7.06. The number of amides is 1. The van der Waals surface area contributed by atoms with E-state index in [2.05, 4.69) is 26.1 Å². The number of rotatable bonds is 5. The van der Waals surface area contributed by atoms with E-state index >= 15 is 0 Å². The number of nitrogens with zero attached hydrogens (tertiary/aromatic N) is 1. The molecule has 20 heavy (non-hydrogen) atoms. The summed E-state index contributed by atoms with van der Waals surface area (Å²) in [5, 5.41) is 3.05. The van der Waals surface area contributed by atoms with Gasteiger partial charge < -0.3 is 9.88 Å². The highest BCUT2D eigenvalue weighted by atomic mass is 16.2. The molecular weight excluding hydrogens is 252 g/mol. The van der Waals surface area contributed by atoms with Gasteiger partial charge in [-0.1, -0.05) is 26.8 Å². The van der Waals surface area contributed by atoms with Gasteiger partial charge in [-0.15, -0.1) is 0 Å². The second-order valence-electron chi connectivity index (χ2n) is 7.15. The topological polar surface area (TPSA) is 51.1 Å². The predicted octanol–water partition coefficient (Wildman–Crippen LogP) is 2.57. The maximum atomic E-state index is 12.0. The fourth-order valence-electron chi connectivity index (χ4n) is 2.68. The molecule has 0 aliphatic heterocycles. The number of aromatic nitrogens is 1. The first kappa shape index (κ1) is 16.5. The van der Waals surface area contributed by atoms with Gasteiger partial charge in [-0.3, -0.25) is 9.59 Å². The Hall–Kier alpha value is -1.58. The second kappa shape index (κ2) is 6.25. The Morgan fingerprint density at radius 1 is 1.20 bits per heavy atom. The standard InChI is InChI=1S/C16H26N2O2/c1-15(2,3)12-16(4,5)17-13(19)9-11-18-10-7-6-8-14(18)20/h6-8,10H,9,11-12H2,1-5H3,(H,17,19). The normalized spacial score (nSPS) is 12.2. The van der Waals surface area contributed by atoms with Crippen LogP contribution in [-0.4, -0.2) is 16.0 Å². The van der Waals surface area contributed by atoms with Gasteiger partial charge in [0, 0.05) is 30.8 Å². The average Bonchev–Trinajstić information content (AvgIpc) is 2.23. The lowest BCUT2D eigenvalue weighted by Crippen LogP contribution is -2.46. The van der Waals surface area contributed by atoms with E-state index in [4.69, 9.17) is 0 Å². The van der Waals surface area contributed by atoms with Gasteiger partial charge >= 0.3 is 0 Å². The maximum absolute atomic E-state index is 12.0. The Morgan fingerprint density at radius 3 is 2.40 bits per heavy atom. The molecule has 0 bridgehead atoms. The summed E-state index contributed by atoms with van der Waals surface area (Å²) >= 11 is 0. The molecule has 0 saturated carbocycles. The minimum Gasteiger partial charge on any atom is -0.351 e. The lowest BCUT2D eigenvalue weighted by Gasteiger charge is -2.33. The Labute approximate surface area is 121 Å². The fourth-order valence-corrected chi connectivity index (χ4v) is 2.68. The number of carbonyl (C=O) groups excluding carboxylic acids is 1. The Kier molecular flexibility index (Phi) is 5.15. The van der Waals surface area contributed by atoms with Crippen LogP contribution in [0, 0.1) is 5.41 Å². The van der Waals surface area contributed by atoms with Crippen LogP contribution >= 0.6 is 0 Å².